The van der Waals surface area contributed by atoms with Crippen LogP contribution in [0.3, 0.4) is 0 Å². The Labute approximate surface area is 97.2 Å². The van der Waals surface area contributed by atoms with Crippen LogP contribution in [0.4, 0.5) is 0 Å². The van der Waals surface area contributed by atoms with Gasteiger partial charge in [-0.05, 0) is 35.4 Å². The van der Waals surface area contributed by atoms with E-state index in [2.05, 4.69) is 35.9 Å². The third-order valence-electron chi connectivity index (χ3n) is 2.07. The van der Waals surface area contributed by atoms with Gasteiger partial charge in [0.1, 0.15) is 0 Å². The van der Waals surface area contributed by atoms with Crippen molar-refractivity contribution < 1.29 is 0 Å². The lowest BCUT2D eigenvalue weighted by molar-refractivity contribution is 0.943. The maximum Gasteiger partial charge on any atom is 0.0641 e. The van der Waals surface area contributed by atoms with Gasteiger partial charge in [-0.3, -0.25) is 0 Å². The van der Waals surface area contributed by atoms with Crippen LogP contribution >= 0.6 is 34.3 Å². The van der Waals surface area contributed by atoms with E-state index in [0.29, 0.717) is 0 Å². The molecule has 0 aromatic carbocycles. The van der Waals surface area contributed by atoms with E-state index in [1.54, 1.807) is 22.7 Å². The first-order valence-corrected chi connectivity index (χ1v) is 6.67. The number of alkyl halides is 1. The lowest BCUT2D eigenvalue weighted by Gasteiger charge is -2.04. The molecule has 2 aromatic heterocycles. The zero-order valence-electron chi connectivity index (χ0n) is 7.87. The van der Waals surface area contributed by atoms with Gasteiger partial charge in [0.25, 0.3) is 0 Å². The third kappa shape index (κ3) is 2.38. The molecule has 0 fully saturated rings. The van der Waals surface area contributed by atoms with E-state index >= 15 is 0 Å². The molecule has 74 valence electrons. The van der Waals surface area contributed by atoms with Crippen LogP contribution in [-0.4, -0.2) is 0 Å². The minimum absolute atomic E-state index is 0.124. The monoisotopic (exact) mass is 242 g/mol. The van der Waals surface area contributed by atoms with Crippen molar-refractivity contribution in [3.63, 3.8) is 0 Å². The second kappa shape index (κ2) is 4.47. The fourth-order valence-electron chi connectivity index (χ4n) is 1.35. The van der Waals surface area contributed by atoms with Crippen molar-refractivity contribution in [1.29, 1.82) is 0 Å². The summed E-state index contributed by atoms with van der Waals surface area (Å²) in [5, 5.41) is 4.37. The predicted octanol–water partition coefficient (Wildman–Crippen LogP) is 4.64. The highest BCUT2D eigenvalue weighted by atomic mass is 35.5. The molecule has 1 unspecified atom stereocenters. The van der Waals surface area contributed by atoms with Crippen molar-refractivity contribution >= 4 is 34.3 Å². The van der Waals surface area contributed by atoms with Crippen LogP contribution in [0.1, 0.15) is 20.7 Å². The number of hydrogen-bond donors (Lipinski definition) is 0. The first kappa shape index (κ1) is 10.2. The molecule has 2 aromatic rings. The Morgan fingerprint density at radius 3 is 2.86 bits per heavy atom. The Bertz CT molecular complexity index is 389. The summed E-state index contributed by atoms with van der Waals surface area (Å²) in [7, 11) is 0. The van der Waals surface area contributed by atoms with Crippen LogP contribution in [0.2, 0.25) is 0 Å². The molecule has 2 rings (SSSR count). The average Bonchev–Trinajstić information content (AvgIpc) is 2.75. The molecule has 2 heterocycles. The molecule has 0 radical (unpaired) electrons. The number of aryl methyl sites for hydroxylation is 1. The van der Waals surface area contributed by atoms with Crippen molar-refractivity contribution in [2.45, 2.75) is 18.7 Å². The number of halogens is 1. The zero-order valence-corrected chi connectivity index (χ0v) is 10.3. The largest absolute Gasteiger partial charge is 0.149 e. The molecule has 0 bridgehead atoms. The smallest absolute Gasteiger partial charge is 0.0641 e. The maximum absolute atomic E-state index is 6.32. The zero-order chi connectivity index (χ0) is 9.97. The van der Waals surface area contributed by atoms with Gasteiger partial charge < -0.3 is 0 Å². The quantitative estimate of drug-likeness (QED) is 0.688. The van der Waals surface area contributed by atoms with Gasteiger partial charge in [0, 0.05) is 16.2 Å². The van der Waals surface area contributed by atoms with Crippen LogP contribution in [-0.2, 0) is 6.42 Å². The molecule has 0 saturated carbocycles. The third-order valence-corrected chi connectivity index (χ3v) is 4.26. The van der Waals surface area contributed by atoms with Crippen LogP contribution in [0, 0.1) is 6.92 Å². The molecule has 0 spiro atoms. The minimum atomic E-state index is 0.124. The van der Waals surface area contributed by atoms with Crippen molar-refractivity contribution in [1.82, 2.24) is 0 Å². The molecule has 0 saturated heterocycles. The van der Waals surface area contributed by atoms with Gasteiger partial charge in [-0.25, -0.2) is 0 Å². The van der Waals surface area contributed by atoms with Gasteiger partial charge in [-0.2, -0.15) is 0 Å². The predicted molar refractivity (Wildman–Crippen MR) is 65.7 cm³/mol. The van der Waals surface area contributed by atoms with Crippen LogP contribution in [0.25, 0.3) is 0 Å². The van der Waals surface area contributed by atoms with Crippen molar-refractivity contribution in [2.24, 2.45) is 0 Å². The number of rotatable bonds is 3. The second-order valence-electron chi connectivity index (χ2n) is 3.24. The van der Waals surface area contributed by atoms with E-state index in [4.69, 9.17) is 11.6 Å². The molecule has 0 aliphatic heterocycles. The summed E-state index contributed by atoms with van der Waals surface area (Å²) in [6.45, 7) is 2.11. The molecule has 14 heavy (non-hydrogen) atoms. The Balaban J connectivity index is 2.06. The molecule has 0 nitrogen and oxygen atoms in total. The van der Waals surface area contributed by atoms with E-state index in [9.17, 15) is 0 Å². The van der Waals surface area contributed by atoms with Gasteiger partial charge in [-0.15, -0.1) is 34.3 Å². The van der Waals surface area contributed by atoms with Gasteiger partial charge in [0.15, 0.2) is 0 Å². The SMILES string of the molecule is Cc1cc(C(Cl)Cc2cccs2)cs1. The lowest BCUT2D eigenvalue weighted by atomic mass is 10.1. The van der Waals surface area contributed by atoms with E-state index in [0.717, 1.165) is 6.42 Å². The molecule has 3 heteroatoms. The highest BCUT2D eigenvalue weighted by Crippen LogP contribution is 2.29. The summed E-state index contributed by atoms with van der Waals surface area (Å²) in [6.07, 6.45) is 0.940. The molecule has 0 N–H and O–H groups in total. The molecule has 0 aliphatic carbocycles. The second-order valence-corrected chi connectivity index (χ2v) is 5.92. The Hall–Kier alpha value is -0.310. The van der Waals surface area contributed by atoms with Gasteiger partial charge in [0.05, 0.1) is 5.38 Å². The van der Waals surface area contributed by atoms with Gasteiger partial charge >= 0.3 is 0 Å². The molecular weight excluding hydrogens is 232 g/mol. The maximum atomic E-state index is 6.32. The van der Waals surface area contributed by atoms with Crippen molar-refractivity contribution in [3.8, 4) is 0 Å². The van der Waals surface area contributed by atoms with E-state index in [-0.39, 0.29) is 5.38 Å². The fourth-order valence-corrected chi connectivity index (χ4v) is 3.32. The van der Waals surface area contributed by atoms with Crippen LogP contribution in [0.5, 0.6) is 0 Å². The molecule has 0 amide bonds. The fraction of sp³-hybridized carbons (Fsp3) is 0.273. The van der Waals surface area contributed by atoms with Crippen molar-refractivity contribution in [2.75, 3.05) is 0 Å². The highest BCUT2D eigenvalue weighted by Gasteiger charge is 2.10. The van der Waals surface area contributed by atoms with Crippen molar-refractivity contribution in [3.05, 3.63) is 44.3 Å². The first-order chi connectivity index (χ1) is 6.75. The Morgan fingerprint density at radius 1 is 1.43 bits per heavy atom. The number of hydrogen-bond acceptors (Lipinski definition) is 2. The Kier molecular flexibility index (Phi) is 3.26. The summed E-state index contributed by atoms with van der Waals surface area (Å²) < 4.78 is 0. The minimum Gasteiger partial charge on any atom is -0.149 e. The summed E-state index contributed by atoms with van der Waals surface area (Å²) in [5.41, 5.74) is 1.25. The molecule has 1 atom stereocenters. The number of thiophene rings is 2. The first-order valence-electron chi connectivity index (χ1n) is 4.47. The highest BCUT2D eigenvalue weighted by molar-refractivity contribution is 7.10. The summed E-state index contributed by atoms with van der Waals surface area (Å²) >= 11 is 9.86. The molecular formula is C11H11ClS2. The van der Waals surface area contributed by atoms with E-state index in [1.807, 2.05) is 0 Å². The van der Waals surface area contributed by atoms with E-state index in [1.165, 1.54) is 15.3 Å². The van der Waals surface area contributed by atoms with Crippen LogP contribution in [0.15, 0.2) is 29.0 Å². The summed E-state index contributed by atoms with van der Waals surface area (Å²) in [5.74, 6) is 0. The topological polar surface area (TPSA) is 0 Å². The average molecular weight is 243 g/mol. The van der Waals surface area contributed by atoms with Gasteiger partial charge in [-0.1, -0.05) is 6.07 Å². The summed E-state index contributed by atoms with van der Waals surface area (Å²) in [4.78, 5) is 2.69. The van der Waals surface area contributed by atoms with E-state index < -0.39 is 0 Å². The lowest BCUT2D eigenvalue weighted by Crippen LogP contribution is -1.91. The normalized spacial score (nSPS) is 13.0. The Morgan fingerprint density at radius 2 is 2.29 bits per heavy atom. The summed E-state index contributed by atoms with van der Waals surface area (Å²) in [6, 6.07) is 6.39. The van der Waals surface area contributed by atoms with Crippen LogP contribution < -0.4 is 0 Å². The molecule has 0 aliphatic rings. The standard InChI is InChI=1S/C11H11ClS2/c1-8-5-9(7-14-8)11(12)6-10-3-2-4-13-10/h2-5,7,11H,6H2,1H3. The van der Waals surface area contributed by atoms with Gasteiger partial charge in [0.2, 0.25) is 0 Å².